The standard InChI is InChI=1S/C21H21BrN2OS/c1-3-8-18-19(15-9-6-5-7-10-15)24(4-2)21(26-18)23-20(25)16-11-13-17(22)14-12-16/h5-7,9-14H,3-4,8H2,1-2H3. The summed E-state index contributed by atoms with van der Waals surface area (Å²) in [6.07, 6.45) is 2.04. The van der Waals surface area contributed by atoms with Gasteiger partial charge in [-0.2, -0.15) is 4.99 Å². The summed E-state index contributed by atoms with van der Waals surface area (Å²) in [7, 11) is 0. The summed E-state index contributed by atoms with van der Waals surface area (Å²) in [6, 6.07) is 17.7. The highest BCUT2D eigenvalue weighted by atomic mass is 79.9. The molecule has 5 heteroatoms. The molecule has 0 N–H and O–H groups in total. The lowest BCUT2D eigenvalue weighted by molar-refractivity contribution is 0.0998. The van der Waals surface area contributed by atoms with Crippen molar-refractivity contribution >= 4 is 33.2 Å². The fourth-order valence-corrected chi connectivity index (χ4v) is 4.46. The number of rotatable bonds is 5. The van der Waals surface area contributed by atoms with Gasteiger partial charge in [0.15, 0.2) is 4.80 Å². The third kappa shape index (κ3) is 4.05. The van der Waals surface area contributed by atoms with Crippen LogP contribution in [-0.2, 0) is 13.0 Å². The summed E-state index contributed by atoms with van der Waals surface area (Å²) < 4.78 is 3.10. The first-order chi connectivity index (χ1) is 12.6. The van der Waals surface area contributed by atoms with Crippen molar-refractivity contribution in [3.63, 3.8) is 0 Å². The SMILES string of the molecule is CCCc1sc(=NC(=O)c2ccc(Br)cc2)n(CC)c1-c1ccccc1. The first-order valence-corrected chi connectivity index (χ1v) is 10.4. The smallest absolute Gasteiger partial charge is 0.279 e. The van der Waals surface area contributed by atoms with E-state index in [1.165, 1.54) is 16.1 Å². The molecule has 0 spiro atoms. The summed E-state index contributed by atoms with van der Waals surface area (Å²) in [5.41, 5.74) is 2.96. The van der Waals surface area contributed by atoms with Crippen LogP contribution < -0.4 is 4.80 Å². The molecule has 0 aliphatic heterocycles. The van der Waals surface area contributed by atoms with Gasteiger partial charge in [0.2, 0.25) is 0 Å². The molecule has 3 rings (SSSR count). The number of hydrogen-bond acceptors (Lipinski definition) is 2. The fourth-order valence-electron chi connectivity index (χ4n) is 2.89. The topological polar surface area (TPSA) is 34.4 Å². The molecule has 0 radical (unpaired) electrons. The van der Waals surface area contributed by atoms with E-state index in [0.29, 0.717) is 5.56 Å². The predicted molar refractivity (Wildman–Crippen MR) is 111 cm³/mol. The number of carbonyl (C=O) groups excluding carboxylic acids is 1. The van der Waals surface area contributed by atoms with Crippen LogP contribution in [0.4, 0.5) is 0 Å². The molecule has 3 nitrogen and oxygen atoms in total. The van der Waals surface area contributed by atoms with E-state index in [4.69, 9.17) is 0 Å². The molecule has 1 heterocycles. The normalized spacial score (nSPS) is 11.7. The van der Waals surface area contributed by atoms with E-state index in [1.54, 1.807) is 23.5 Å². The lowest BCUT2D eigenvalue weighted by Crippen LogP contribution is -2.17. The fraction of sp³-hybridized carbons (Fsp3) is 0.238. The van der Waals surface area contributed by atoms with Crippen LogP contribution >= 0.6 is 27.3 Å². The number of amides is 1. The second-order valence-corrected chi connectivity index (χ2v) is 7.92. The van der Waals surface area contributed by atoms with E-state index in [-0.39, 0.29) is 5.91 Å². The largest absolute Gasteiger partial charge is 0.316 e. The third-order valence-corrected chi connectivity index (χ3v) is 5.78. The summed E-state index contributed by atoms with van der Waals surface area (Å²) in [5, 5.41) is 0. The first kappa shape index (κ1) is 18.8. The van der Waals surface area contributed by atoms with Crippen molar-refractivity contribution in [3.8, 4) is 11.3 Å². The zero-order chi connectivity index (χ0) is 18.5. The second kappa shape index (κ2) is 8.60. The van der Waals surface area contributed by atoms with E-state index in [0.717, 1.165) is 28.7 Å². The van der Waals surface area contributed by atoms with Crippen LogP contribution in [0.5, 0.6) is 0 Å². The molecule has 0 saturated heterocycles. The highest BCUT2D eigenvalue weighted by Gasteiger charge is 2.15. The molecule has 2 aromatic carbocycles. The molecular weight excluding hydrogens is 408 g/mol. The number of thiazole rings is 1. The van der Waals surface area contributed by atoms with Crippen molar-refractivity contribution in [1.29, 1.82) is 0 Å². The van der Waals surface area contributed by atoms with Crippen molar-refractivity contribution in [2.45, 2.75) is 33.2 Å². The average molecular weight is 429 g/mol. The first-order valence-electron chi connectivity index (χ1n) is 8.76. The van der Waals surface area contributed by atoms with Crippen molar-refractivity contribution < 1.29 is 4.79 Å². The maximum absolute atomic E-state index is 12.6. The van der Waals surface area contributed by atoms with Crippen LogP contribution in [0.1, 0.15) is 35.5 Å². The minimum absolute atomic E-state index is 0.205. The highest BCUT2D eigenvalue weighted by molar-refractivity contribution is 9.10. The van der Waals surface area contributed by atoms with Gasteiger partial charge >= 0.3 is 0 Å². The minimum atomic E-state index is -0.205. The Morgan fingerprint density at radius 3 is 2.38 bits per heavy atom. The molecule has 0 unspecified atom stereocenters. The van der Waals surface area contributed by atoms with Gasteiger partial charge in [-0.15, -0.1) is 11.3 Å². The number of benzene rings is 2. The van der Waals surface area contributed by atoms with E-state index in [2.05, 4.69) is 51.5 Å². The average Bonchev–Trinajstić information content (AvgIpc) is 3.00. The molecule has 1 aromatic heterocycles. The number of aryl methyl sites for hydroxylation is 1. The van der Waals surface area contributed by atoms with Gasteiger partial charge in [-0.3, -0.25) is 4.79 Å². The third-order valence-electron chi connectivity index (χ3n) is 4.11. The van der Waals surface area contributed by atoms with Gasteiger partial charge in [0, 0.05) is 21.5 Å². The Morgan fingerprint density at radius 1 is 1.08 bits per heavy atom. The Bertz CT molecular complexity index is 956. The van der Waals surface area contributed by atoms with Gasteiger partial charge in [-0.05, 0) is 43.2 Å². The molecule has 134 valence electrons. The molecular formula is C21H21BrN2OS. The van der Waals surface area contributed by atoms with Crippen LogP contribution in [0.25, 0.3) is 11.3 Å². The van der Waals surface area contributed by atoms with Gasteiger partial charge in [0.05, 0.1) is 5.69 Å². The minimum Gasteiger partial charge on any atom is -0.316 e. The zero-order valence-corrected chi connectivity index (χ0v) is 17.3. The number of halogens is 1. The Kier molecular flexibility index (Phi) is 6.22. The van der Waals surface area contributed by atoms with Gasteiger partial charge in [0.1, 0.15) is 0 Å². The molecule has 0 aliphatic rings. The maximum Gasteiger partial charge on any atom is 0.279 e. The van der Waals surface area contributed by atoms with E-state index in [1.807, 2.05) is 30.3 Å². The van der Waals surface area contributed by atoms with Crippen LogP contribution in [0, 0.1) is 0 Å². The van der Waals surface area contributed by atoms with Crippen molar-refractivity contribution in [2.24, 2.45) is 4.99 Å². The Hall–Kier alpha value is -1.98. The van der Waals surface area contributed by atoms with Gasteiger partial charge in [-0.25, -0.2) is 0 Å². The number of hydrogen-bond donors (Lipinski definition) is 0. The van der Waals surface area contributed by atoms with E-state index in [9.17, 15) is 4.79 Å². The molecule has 0 bridgehead atoms. The Labute approximate surface area is 166 Å². The number of carbonyl (C=O) groups is 1. The lowest BCUT2D eigenvalue weighted by atomic mass is 10.1. The Morgan fingerprint density at radius 2 is 1.77 bits per heavy atom. The predicted octanol–water partition coefficient (Wildman–Crippen LogP) is 5.69. The monoisotopic (exact) mass is 428 g/mol. The van der Waals surface area contributed by atoms with Crippen molar-refractivity contribution in [1.82, 2.24) is 4.57 Å². The Balaban J connectivity index is 2.12. The zero-order valence-electron chi connectivity index (χ0n) is 14.9. The molecule has 3 aromatic rings. The lowest BCUT2D eigenvalue weighted by Gasteiger charge is -2.08. The van der Waals surface area contributed by atoms with Gasteiger partial charge in [0.25, 0.3) is 5.91 Å². The van der Waals surface area contributed by atoms with Crippen molar-refractivity contribution in [3.05, 3.63) is 74.3 Å². The number of nitrogens with zero attached hydrogens (tertiary/aromatic N) is 2. The van der Waals surface area contributed by atoms with E-state index < -0.39 is 0 Å². The molecule has 0 saturated carbocycles. The maximum atomic E-state index is 12.6. The second-order valence-electron chi connectivity index (χ2n) is 5.94. The molecule has 0 fully saturated rings. The molecule has 0 atom stereocenters. The van der Waals surface area contributed by atoms with Crippen LogP contribution in [0.2, 0.25) is 0 Å². The molecule has 0 aliphatic carbocycles. The van der Waals surface area contributed by atoms with Crippen LogP contribution in [0.15, 0.2) is 64.1 Å². The summed E-state index contributed by atoms with van der Waals surface area (Å²) in [6.45, 7) is 5.05. The quantitative estimate of drug-likeness (QED) is 0.513. The van der Waals surface area contributed by atoms with Crippen LogP contribution in [0.3, 0.4) is 0 Å². The molecule has 26 heavy (non-hydrogen) atoms. The summed E-state index contributed by atoms with van der Waals surface area (Å²) in [4.78, 5) is 19.1. The van der Waals surface area contributed by atoms with Crippen molar-refractivity contribution in [2.75, 3.05) is 0 Å². The summed E-state index contributed by atoms with van der Waals surface area (Å²) >= 11 is 5.02. The molecule has 1 amide bonds. The van der Waals surface area contributed by atoms with Gasteiger partial charge < -0.3 is 4.57 Å². The van der Waals surface area contributed by atoms with Gasteiger partial charge in [-0.1, -0.05) is 59.6 Å². The summed E-state index contributed by atoms with van der Waals surface area (Å²) in [5.74, 6) is -0.205. The van der Waals surface area contributed by atoms with E-state index >= 15 is 0 Å². The highest BCUT2D eigenvalue weighted by Crippen LogP contribution is 2.27. The number of aromatic nitrogens is 1. The van der Waals surface area contributed by atoms with Crippen LogP contribution in [-0.4, -0.2) is 10.5 Å².